The van der Waals surface area contributed by atoms with Gasteiger partial charge in [-0.15, -0.1) is 0 Å². The predicted molar refractivity (Wildman–Crippen MR) is 90.2 cm³/mol. The second-order valence-electron chi connectivity index (χ2n) is 4.74. The summed E-state index contributed by atoms with van der Waals surface area (Å²) in [5, 5.41) is 4.06. The molecule has 0 aromatic carbocycles. The Morgan fingerprint density at radius 1 is 1.48 bits per heavy atom. The zero-order valence-electron chi connectivity index (χ0n) is 13.1. The normalized spacial score (nSPS) is 16.3. The molecule has 1 aromatic heterocycles. The number of allylic oxidation sites excluding steroid dienone is 5. The third kappa shape index (κ3) is 5.00. The number of anilines is 2. The molecule has 122 valence electrons. The van der Waals surface area contributed by atoms with Gasteiger partial charge < -0.3 is 9.64 Å². The number of aromatic nitrogens is 2. The number of morpholine rings is 1. The number of hydrogen-bond donors (Lipinski definition) is 1. The van der Waals surface area contributed by atoms with Crippen molar-refractivity contribution in [3.05, 3.63) is 48.5 Å². The van der Waals surface area contributed by atoms with Crippen molar-refractivity contribution < 1.29 is 9.13 Å². The molecular formula is C16H20FN5O. The van der Waals surface area contributed by atoms with Gasteiger partial charge in [0.25, 0.3) is 0 Å². The van der Waals surface area contributed by atoms with Crippen LogP contribution < -0.4 is 10.3 Å². The Bertz CT molecular complexity index is 621. The number of rotatable bonds is 6. The molecule has 0 amide bonds. The van der Waals surface area contributed by atoms with Gasteiger partial charge in [0.2, 0.25) is 5.95 Å². The molecule has 0 atom stereocenters. The molecule has 0 aliphatic carbocycles. The molecule has 1 N–H and O–H groups in total. The highest BCUT2D eigenvalue weighted by Gasteiger charge is 2.17. The first-order valence-electron chi connectivity index (χ1n) is 7.34. The lowest BCUT2D eigenvalue weighted by atomic mass is 10.2. The number of nitrogens with one attached hydrogen (secondary N) is 1. The van der Waals surface area contributed by atoms with Gasteiger partial charge in [-0.25, -0.2) is 14.8 Å². The Hall–Kier alpha value is -2.54. The van der Waals surface area contributed by atoms with Crippen molar-refractivity contribution in [2.45, 2.75) is 6.92 Å². The molecule has 2 rings (SSSR count). The summed E-state index contributed by atoms with van der Waals surface area (Å²) in [7, 11) is 0. The highest BCUT2D eigenvalue weighted by Crippen LogP contribution is 2.18. The lowest BCUT2D eigenvalue weighted by Gasteiger charge is -2.27. The third-order valence-corrected chi connectivity index (χ3v) is 3.08. The first-order chi connectivity index (χ1) is 11.2. The summed E-state index contributed by atoms with van der Waals surface area (Å²) in [6.07, 6.45) is 10.0. The Kier molecular flexibility index (Phi) is 6.43. The van der Waals surface area contributed by atoms with E-state index in [1.54, 1.807) is 12.3 Å². The zero-order chi connectivity index (χ0) is 16.5. The van der Waals surface area contributed by atoms with Crippen LogP contribution in [0.15, 0.2) is 47.8 Å². The zero-order valence-corrected chi connectivity index (χ0v) is 13.1. The van der Waals surface area contributed by atoms with Crippen molar-refractivity contribution in [1.29, 1.82) is 0 Å². The van der Waals surface area contributed by atoms with Crippen molar-refractivity contribution >= 4 is 18.0 Å². The van der Waals surface area contributed by atoms with Crippen LogP contribution >= 0.6 is 0 Å². The van der Waals surface area contributed by atoms with E-state index in [4.69, 9.17) is 4.74 Å². The molecule has 1 fully saturated rings. The summed E-state index contributed by atoms with van der Waals surface area (Å²) < 4.78 is 19.2. The van der Waals surface area contributed by atoms with E-state index in [-0.39, 0.29) is 11.8 Å². The molecular weight excluding hydrogens is 297 g/mol. The summed E-state index contributed by atoms with van der Waals surface area (Å²) in [5.41, 5.74) is 3.58. The standard InChI is InChI=1S/C16H20FN5O/c1-3-5-13(6-4-2)11-19-21-16-18-12-14(17)15(20-16)22-7-9-23-10-8-22/h3-6,11-12H,1,7-10H2,2H3,(H,18,20,21)/b6-4-,13-5+,19-11+. The molecule has 0 unspecified atom stereocenters. The fourth-order valence-corrected chi connectivity index (χ4v) is 2.04. The number of halogens is 1. The van der Waals surface area contributed by atoms with Gasteiger partial charge in [0, 0.05) is 13.1 Å². The molecule has 23 heavy (non-hydrogen) atoms. The second kappa shape index (κ2) is 8.79. The summed E-state index contributed by atoms with van der Waals surface area (Å²) >= 11 is 0. The van der Waals surface area contributed by atoms with E-state index in [9.17, 15) is 4.39 Å². The van der Waals surface area contributed by atoms with E-state index in [0.29, 0.717) is 26.3 Å². The minimum Gasteiger partial charge on any atom is -0.378 e. The maximum atomic E-state index is 13.9. The van der Waals surface area contributed by atoms with Crippen LogP contribution in [0.4, 0.5) is 16.2 Å². The SMILES string of the molecule is C=C/C=C(\C=C/C)/C=N/Nc1ncc(F)c(N2CCOCC2)n1. The molecule has 1 aromatic rings. The summed E-state index contributed by atoms with van der Waals surface area (Å²) in [6.45, 7) is 7.88. The van der Waals surface area contributed by atoms with Crippen molar-refractivity contribution in [2.24, 2.45) is 5.10 Å². The van der Waals surface area contributed by atoms with Gasteiger partial charge in [-0.2, -0.15) is 10.1 Å². The van der Waals surface area contributed by atoms with Crippen molar-refractivity contribution in [3.8, 4) is 0 Å². The monoisotopic (exact) mass is 317 g/mol. The highest BCUT2D eigenvalue weighted by atomic mass is 19.1. The lowest BCUT2D eigenvalue weighted by Crippen LogP contribution is -2.37. The quantitative estimate of drug-likeness (QED) is 0.496. The fourth-order valence-electron chi connectivity index (χ4n) is 2.04. The molecule has 0 saturated carbocycles. The number of hydrazone groups is 1. The van der Waals surface area contributed by atoms with E-state index >= 15 is 0 Å². The van der Waals surface area contributed by atoms with Gasteiger partial charge in [0.1, 0.15) is 0 Å². The van der Waals surface area contributed by atoms with Crippen molar-refractivity contribution in [1.82, 2.24) is 9.97 Å². The number of nitrogens with zero attached hydrogens (tertiary/aromatic N) is 4. The second-order valence-corrected chi connectivity index (χ2v) is 4.74. The highest BCUT2D eigenvalue weighted by molar-refractivity contribution is 5.83. The molecule has 0 spiro atoms. The van der Waals surface area contributed by atoms with Crippen LogP contribution in [-0.4, -0.2) is 42.5 Å². The number of hydrogen-bond acceptors (Lipinski definition) is 6. The van der Waals surface area contributed by atoms with Gasteiger partial charge in [-0.3, -0.25) is 0 Å². The Balaban J connectivity index is 2.08. The van der Waals surface area contributed by atoms with E-state index in [1.165, 1.54) is 0 Å². The smallest absolute Gasteiger partial charge is 0.245 e. The van der Waals surface area contributed by atoms with E-state index in [0.717, 1.165) is 11.8 Å². The molecule has 1 aliphatic heterocycles. The molecule has 6 nitrogen and oxygen atoms in total. The average Bonchev–Trinajstić information content (AvgIpc) is 2.57. The minimum absolute atomic E-state index is 0.238. The summed E-state index contributed by atoms with van der Waals surface area (Å²) in [5.74, 6) is 0.0430. The predicted octanol–water partition coefficient (Wildman–Crippen LogP) is 2.54. The molecule has 7 heteroatoms. The van der Waals surface area contributed by atoms with Crippen LogP contribution in [-0.2, 0) is 4.74 Å². The van der Waals surface area contributed by atoms with Gasteiger partial charge in [-0.1, -0.05) is 30.9 Å². The van der Waals surface area contributed by atoms with Crippen LogP contribution in [0.3, 0.4) is 0 Å². The van der Waals surface area contributed by atoms with Crippen LogP contribution in [0.1, 0.15) is 6.92 Å². The van der Waals surface area contributed by atoms with Crippen LogP contribution in [0, 0.1) is 5.82 Å². The van der Waals surface area contributed by atoms with Crippen LogP contribution in [0.2, 0.25) is 0 Å². The van der Waals surface area contributed by atoms with Crippen LogP contribution in [0.25, 0.3) is 0 Å². The van der Waals surface area contributed by atoms with E-state index in [1.807, 2.05) is 30.1 Å². The van der Waals surface area contributed by atoms with Crippen molar-refractivity contribution in [3.63, 3.8) is 0 Å². The maximum absolute atomic E-state index is 13.9. The summed E-state index contributed by atoms with van der Waals surface area (Å²) in [4.78, 5) is 9.91. The molecule has 2 heterocycles. The molecule has 0 radical (unpaired) electrons. The van der Waals surface area contributed by atoms with Gasteiger partial charge in [0.15, 0.2) is 11.6 Å². The largest absolute Gasteiger partial charge is 0.378 e. The van der Waals surface area contributed by atoms with Crippen molar-refractivity contribution in [2.75, 3.05) is 36.6 Å². The number of ether oxygens (including phenoxy) is 1. The van der Waals surface area contributed by atoms with Gasteiger partial charge in [-0.05, 0) is 12.5 Å². The average molecular weight is 317 g/mol. The molecule has 1 aliphatic rings. The van der Waals surface area contributed by atoms with Gasteiger partial charge >= 0.3 is 0 Å². The lowest BCUT2D eigenvalue weighted by molar-refractivity contribution is 0.122. The first-order valence-corrected chi connectivity index (χ1v) is 7.34. The van der Waals surface area contributed by atoms with E-state index < -0.39 is 5.82 Å². The van der Waals surface area contributed by atoms with Crippen LogP contribution in [0.5, 0.6) is 0 Å². The van der Waals surface area contributed by atoms with Gasteiger partial charge in [0.05, 0.1) is 25.6 Å². The summed E-state index contributed by atoms with van der Waals surface area (Å²) in [6, 6.07) is 0. The Labute approximate surface area is 135 Å². The Morgan fingerprint density at radius 2 is 2.26 bits per heavy atom. The Morgan fingerprint density at radius 3 is 2.96 bits per heavy atom. The van der Waals surface area contributed by atoms with E-state index in [2.05, 4.69) is 27.1 Å². The first kappa shape index (κ1) is 16.8. The fraction of sp³-hybridized carbons (Fsp3) is 0.312. The minimum atomic E-state index is -0.456. The topological polar surface area (TPSA) is 62.6 Å². The molecule has 0 bridgehead atoms. The maximum Gasteiger partial charge on any atom is 0.245 e. The third-order valence-electron chi connectivity index (χ3n) is 3.08. The molecule has 1 saturated heterocycles.